The van der Waals surface area contributed by atoms with Crippen molar-refractivity contribution in [3.05, 3.63) is 0 Å². The molecule has 78 valence electrons. The van der Waals surface area contributed by atoms with E-state index in [4.69, 9.17) is 15.7 Å². The SMILES string of the molecule is CC(O)[C@H](N)C(=O)OOC(C)(C)C. The second-order valence-electron chi connectivity index (χ2n) is 3.86. The summed E-state index contributed by atoms with van der Waals surface area (Å²) in [4.78, 5) is 20.1. The van der Waals surface area contributed by atoms with E-state index in [1.54, 1.807) is 20.8 Å². The van der Waals surface area contributed by atoms with Gasteiger partial charge in [0.1, 0.15) is 11.6 Å². The molecular formula is C8H17NO4. The number of carbonyl (C=O) groups excluding carboxylic acids is 1. The van der Waals surface area contributed by atoms with Gasteiger partial charge in [-0.25, -0.2) is 4.79 Å². The Balaban J connectivity index is 3.89. The zero-order chi connectivity index (χ0) is 10.6. The van der Waals surface area contributed by atoms with Gasteiger partial charge in [0.25, 0.3) is 0 Å². The Bertz CT molecular complexity index is 173. The van der Waals surface area contributed by atoms with Crippen molar-refractivity contribution in [3.8, 4) is 0 Å². The average Bonchev–Trinajstić information content (AvgIpc) is 1.97. The van der Waals surface area contributed by atoms with Crippen molar-refractivity contribution in [3.63, 3.8) is 0 Å². The topological polar surface area (TPSA) is 81.8 Å². The third-order valence-electron chi connectivity index (χ3n) is 1.17. The quantitative estimate of drug-likeness (QED) is 0.483. The Morgan fingerprint density at radius 3 is 2.23 bits per heavy atom. The molecule has 5 nitrogen and oxygen atoms in total. The van der Waals surface area contributed by atoms with Crippen LogP contribution in [0.4, 0.5) is 0 Å². The molecule has 0 saturated carbocycles. The number of carbonyl (C=O) groups is 1. The van der Waals surface area contributed by atoms with Gasteiger partial charge >= 0.3 is 5.97 Å². The molecule has 0 heterocycles. The van der Waals surface area contributed by atoms with Crippen molar-refractivity contribution >= 4 is 5.97 Å². The first-order valence-corrected chi connectivity index (χ1v) is 4.07. The Kier molecular flexibility index (Phi) is 4.32. The molecule has 5 heteroatoms. The molecule has 3 N–H and O–H groups in total. The van der Waals surface area contributed by atoms with E-state index in [0.717, 1.165) is 0 Å². The number of aliphatic hydroxyl groups is 1. The number of hydrogen-bond donors (Lipinski definition) is 2. The van der Waals surface area contributed by atoms with Gasteiger partial charge in [0.15, 0.2) is 0 Å². The van der Waals surface area contributed by atoms with E-state index in [9.17, 15) is 4.79 Å². The fourth-order valence-electron chi connectivity index (χ4n) is 0.419. The van der Waals surface area contributed by atoms with Crippen LogP contribution in [0.2, 0.25) is 0 Å². The van der Waals surface area contributed by atoms with Crippen LogP contribution in [0, 0.1) is 0 Å². The molecule has 0 aromatic rings. The van der Waals surface area contributed by atoms with E-state index < -0.39 is 23.7 Å². The smallest absolute Gasteiger partial charge is 0.361 e. The second-order valence-corrected chi connectivity index (χ2v) is 3.86. The first kappa shape index (κ1) is 12.3. The summed E-state index contributed by atoms with van der Waals surface area (Å²) in [7, 11) is 0. The molecular weight excluding hydrogens is 174 g/mol. The maximum absolute atomic E-state index is 11.0. The Hall–Kier alpha value is -0.650. The Morgan fingerprint density at radius 1 is 1.46 bits per heavy atom. The first-order valence-electron chi connectivity index (χ1n) is 4.07. The summed E-state index contributed by atoms with van der Waals surface area (Å²) in [6.07, 6.45) is -0.948. The third-order valence-corrected chi connectivity index (χ3v) is 1.17. The van der Waals surface area contributed by atoms with Crippen LogP contribution >= 0.6 is 0 Å². The summed E-state index contributed by atoms with van der Waals surface area (Å²) in [5.74, 6) is -0.773. The molecule has 0 spiro atoms. The van der Waals surface area contributed by atoms with Crippen molar-refractivity contribution in [1.82, 2.24) is 0 Å². The minimum atomic E-state index is -1.07. The highest BCUT2D eigenvalue weighted by atomic mass is 17.2. The molecule has 0 aliphatic carbocycles. The largest absolute Gasteiger partial charge is 0.391 e. The van der Waals surface area contributed by atoms with E-state index >= 15 is 0 Å². The standard InChI is InChI=1S/C8H17NO4/c1-5(10)6(9)7(11)12-13-8(2,3)4/h5-6,10H,9H2,1-4H3/t5?,6-/m0/s1. The van der Waals surface area contributed by atoms with E-state index in [-0.39, 0.29) is 0 Å². The van der Waals surface area contributed by atoms with Crippen LogP contribution in [-0.2, 0) is 14.6 Å². The third kappa shape index (κ3) is 5.57. The molecule has 0 amide bonds. The average molecular weight is 191 g/mol. The van der Waals surface area contributed by atoms with Crippen molar-refractivity contribution in [2.45, 2.75) is 45.4 Å². The van der Waals surface area contributed by atoms with Gasteiger partial charge in [-0.1, -0.05) is 0 Å². The van der Waals surface area contributed by atoms with Gasteiger partial charge in [-0.05, 0) is 27.7 Å². The van der Waals surface area contributed by atoms with Crippen molar-refractivity contribution in [2.24, 2.45) is 5.73 Å². The molecule has 0 saturated heterocycles. The highest BCUT2D eigenvalue weighted by Crippen LogP contribution is 2.07. The number of aliphatic hydroxyl groups excluding tert-OH is 1. The lowest BCUT2D eigenvalue weighted by molar-refractivity contribution is -0.322. The van der Waals surface area contributed by atoms with Crippen molar-refractivity contribution in [1.29, 1.82) is 0 Å². The summed E-state index contributed by atoms with van der Waals surface area (Å²) in [6, 6.07) is -1.07. The van der Waals surface area contributed by atoms with Gasteiger partial charge in [0.2, 0.25) is 0 Å². The zero-order valence-electron chi connectivity index (χ0n) is 8.40. The molecule has 0 bridgehead atoms. The van der Waals surface area contributed by atoms with Gasteiger partial charge in [-0.15, -0.1) is 0 Å². The van der Waals surface area contributed by atoms with E-state index in [2.05, 4.69) is 4.89 Å². The van der Waals surface area contributed by atoms with E-state index in [0.29, 0.717) is 0 Å². The summed E-state index contributed by atoms with van der Waals surface area (Å²) in [5, 5.41) is 8.94. The van der Waals surface area contributed by atoms with Crippen LogP contribution in [0.25, 0.3) is 0 Å². The van der Waals surface area contributed by atoms with Gasteiger partial charge in [0, 0.05) is 0 Å². The van der Waals surface area contributed by atoms with Crippen molar-refractivity contribution < 1.29 is 19.7 Å². The van der Waals surface area contributed by atoms with Gasteiger partial charge < -0.3 is 10.8 Å². The normalized spacial score (nSPS) is 16.5. The minimum absolute atomic E-state index is 0.575. The summed E-state index contributed by atoms with van der Waals surface area (Å²) in [6.45, 7) is 6.60. The van der Waals surface area contributed by atoms with E-state index in [1.165, 1.54) is 6.92 Å². The predicted molar refractivity (Wildman–Crippen MR) is 46.6 cm³/mol. The molecule has 0 fully saturated rings. The molecule has 0 radical (unpaired) electrons. The molecule has 0 rings (SSSR count). The van der Waals surface area contributed by atoms with Crippen LogP contribution in [0.1, 0.15) is 27.7 Å². The maximum Gasteiger partial charge on any atom is 0.361 e. The molecule has 13 heavy (non-hydrogen) atoms. The fourth-order valence-corrected chi connectivity index (χ4v) is 0.419. The van der Waals surface area contributed by atoms with Gasteiger partial charge in [0.05, 0.1) is 6.10 Å². The van der Waals surface area contributed by atoms with Gasteiger partial charge in [-0.3, -0.25) is 4.89 Å². The summed E-state index contributed by atoms with van der Waals surface area (Å²) >= 11 is 0. The van der Waals surface area contributed by atoms with Gasteiger partial charge in [-0.2, -0.15) is 4.89 Å². The number of nitrogens with two attached hydrogens (primary N) is 1. The zero-order valence-corrected chi connectivity index (χ0v) is 8.40. The fraction of sp³-hybridized carbons (Fsp3) is 0.875. The van der Waals surface area contributed by atoms with E-state index in [1.807, 2.05) is 0 Å². The Morgan fingerprint density at radius 2 is 1.92 bits per heavy atom. The molecule has 0 aliphatic rings. The van der Waals surface area contributed by atoms with Crippen molar-refractivity contribution in [2.75, 3.05) is 0 Å². The monoisotopic (exact) mass is 191 g/mol. The summed E-state index contributed by atoms with van der Waals surface area (Å²) in [5.41, 5.74) is 4.71. The predicted octanol–water partition coefficient (Wildman–Crippen LogP) is -0.0322. The molecule has 0 aliphatic heterocycles. The Labute approximate surface area is 77.7 Å². The molecule has 1 unspecified atom stereocenters. The summed E-state index contributed by atoms with van der Waals surface area (Å²) < 4.78 is 0. The van der Waals surface area contributed by atoms with Crippen LogP contribution < -0.4 is 5.73 Å². The molecule has 2 atom stereocenters. The molecule has 0 aromatic carbocycles. The second kappa shape index (κ2) is 4.55. The van der Waals surface area contributed by atoms with Crippen LogP contribution in [0.3, 0.4) is 0 Å². The maximum atomic E-state index is 11.0. The lowest BCUT2D eigenvalue weighted by Gasteiger charge is -2.19. The van der Waals surface area contributed by atoms with Crippen LogP contribution in [-0.4, -0.2) is 28.8 Å². The highest BCUT2D eigenvalue weighted by molar-refractivity contribution is 5.75. The van der Waals surface area contributed by atoms with Crippen LogP contribution in [0.5, 0.6) is 0 Å². The molecule has 0 aromatic heterocycles. The lowest BCUT2D eigenvalue weighted by atomic mass is 10.2. The minimum Gasteiger partial charge on any atom is -0.391 e. The highest BCUT2D eigenvalue weighted by Gasteiger charge is 2.23. The van der Waals surface area contributed by atoms with Crippen LogP contribution in [0.15, 0.2) is 0 Å². The number of hydrogen-bond acceptors (Lipinski definition) is 5. The number of rotatable bonds is 3. The lowest BCUT2D eigenvalue weighted by Crippen LogP contribution is -2.42. The first-order chi connectivity index (χ1) is 5.74.